The smallest absolute Gasteiger partial charge is 0.0541 e. The molecule has 9 rings (SSSR count). The average molecular weight is 657 g/mol. The van der Waals surface area contributed by atoms with Crippen molar-refractivity contribution in [2.45, 2.75) is 20.3 Å². The minimum atomic E-state index is 0.871. The highest BCUT2D eigenvalue weighted by Gasteiger charge is 2.20. The van der Waals surface area contributed by atoms with Crippen molar-refractivity contribution in [3.63, 3.8) is 0 Å². The van der Waals surface area contributed by atoms with Crippen LogP contribution >= 0.6 is 0 Å². The van der Waals surface area contributed by atoms with Gasteiger partial charge in [0.1, 0.15) is 0 Å². The summed E-state index contributed by atoms with van der Waals surface area (Å²) in [5, 5.41) is 2.56. The zero-order chi connectivity index (χ0) is 34.6. The summed E-state index contributed by atoms with van der Waals surface area (Å²) in [6.45, 7) is 4.00. The van der Waals surface area contributed by atoms with Crippen LogP contribution in [0.1, 0.15) is 25.8 Å². The highest BCUT2D eigenvalue weighted by molar-refractivity contribution is 6.09. The molecule has 0 spiro atoms. The fourth-order valence-electron chi connectivity index (χ4n) is 7.23. The molecule has 246 valence electrons. The van der Waals surface area contributed by atoms with E-state index in [4.69, 9.17) is 0 Å². The quantitative estimate of drug-likeness (QED) is 0.166. The Morgan fingerprint density at radius 3 is 1.31 bits per heavy atom. The molecule has 1 heterocycles. The summed E-state index contributed by atoms with van der Waals surface area (Å²) in [5.41, 5.74) is 14.6. The van der Waals surface area contributed by atoms with E-state index in [-0.39, 0.29) is 0 Å². The Labute approximate surface area is 300 Å². The molecule has 0 unspecified atom stereocenters. The number of anilines is 2. The molecule has 1 aromatic heterocycles. The molecular formula is C49H40N2. The van der Waals surface area contributed by atoms with Gasteiger partial charge in [-0.05, 0) is 88.0 Å². The first kappa shape index (κ1) is 31.9. The zero-order valence-electron chi connectivity index (χ0n) is 29.1. The van der Waals surface area contributed by atoms with Gasteiger partial charge in [0, 0.05) is 40.0 Å². The van der Waals surface area contributed by atoms with Crippen molar-refractivity contribution in [1.82, 2.24) is 4.57 Å². The molecule has 0 amide bonds. The third-order valence-electron chi connectivity index (χ3n) is 9.68. The van der Waals surface area contributed by atoms with Crippen LogP contribution in [0.15, 0.2) is 200 Å². The summed E-state index contributed by atoms with van der Waals surface area (Å²) in [4.78, 5) is 2.40. The second-order valence-electron chi connectivity index (χ2n) is 12.6. The number of para-hydroxylation sites is 2. The van der Waals surface area contributed by atoms with Crippen molar-refractivity contribution in [3.8, 4) is 27.9 Å². The molecule has 0 atom stereocenters. The number of rotatable bonds is 7. The maximum atomic E-state index is 2.40. The summed E-state index contributed by atoms with van der Waals surface area (Å²) in [5.74, 6) is 0. The number of hydrogen-bond acceptors (Lipinski definition) is 1. The largest absolute Gasteiger partial charge is 0.314 e. The Hall–Kier alpha value is -6.38. The Kier molecular flexibility index (Phi) is 8.89. The van der Waals surface area contributed by atoms with Gasteiger partial charge < -0.3 is 9.47 Å². The van der Waals surface area contributed by atoms with E-state index < -0.39 is 0 Å². The number of fused-ring (bicyclic) bond motifs is 3. The SMILES string of the molecule is C1=C(c2ccccc2)CC(N(c2ccc(-c3ccccc3)cc2)c2ccc(-c3ccc(-n4c5ccccc5c5ccccc54)cc3)cc2)=C1.CC. The van der Waals surface area contributed by atoms with Crippen LogP contribution in [0.2, 0.25) is 0 Å². The van der Waals surface area contributed by atoms with Gasteiger partial charge in [-0.25, -0.2) is 0 Å². The molecule has 0 radical (unpaired) electrons. The monoisotopic (exact) mass is 656 g/mol. The summed E-state index contributed by atoms with van der Waals surface area (Å²) < 4.78 is 2.37. The van der Waals surface area contributed by atoms with Gasteiger partial charge in [0.15, 0.2) is 0 Å². The highest BCUT2D eigenvalue weighted by atomic mass is 15.1. The van der Waals surface area contributed by atoms with Gasteiger partial charge in [0.25, 0.3) is 0 Å². The number of hydrogen-bond donors (Lipinski definition) is 0. The van der Waals surface area contributed by atoms with Gasteiger partial charge >= 0.3 is 0 Å². The van der Waals surface area contributed by atoms with Gasteiger partial charge in [0.05, 0.1) is 11.0 Å². The van der Waals surface area contributed by atoms with E-state index in [2.05, 4.69) is 204 Å². The van der Waals surface area contributed by atoms with Crippen molar-refractivity contribution in [2.75, 3.05) is 4.90 Å². The number of allylic oxidation sites excluding steroid dienone is 3. The molecular weight excluding hydrogens is 617 g/mol. The van der Waals surface area contributed by atoms with E-state index in [1.807, 2.05) is 13.8 Å². The summed E-state index contributed by atoms with van der Waals surface area (Å²) >= 11 is 0. The molecule has 0 fully saturated rings. The molecule has 2 heteroatoms. The molecule has 0 saturated carbocycles. The van der Waals surface area contributed by atoms with Gasteiger partial charge in [-0.2, -0.15) is 0 Å². The third kappa shape index (κ3) is 6.17. The molecule has 1 aliphatic carbocycles. The van der Waals surface area contributed by atoms with E-state index in [1.165, 1.54) is 60.9 Å². The molecule has 0 saturated heterocycles. The van der Waals surface area contributed by atoms with E-state index in [1.54, 1.807) is 0 Å². The highest BCUT2D eigenvalue weighted by Crippen LogP contribution is 2.39. The Balaban J connectivity index is 0.00000184. The average Bonchev–Trinajstić information content (AvgIpc) is 3.84. The molecule has 7 aromatic carbocycles. The Morgan fingerprint density at radius 1 is 0.392 bits per heavy atom. The first-order valence-corrected chi connectivity index (χ1v) is 17.9. The molecule has 51 heavy (non-hydrogen) atoms. The fourth-order valence-corrected chi connectivity index (χ4v) is 7.23. The fraction of sp³-hybridized carbons (Fsp3) is 0.0612. The Bertz CT molecular complexity index is 2410. The zero-order valence-corrected chi connectivity index (χ0v) is 29.1. The predicted octanol–water partition coefficient (Wildman–Crippen LogP) is 13.7. The molecule has 1 aliphatic rings. The lowest BCUT2D eigenvalue weighted by Crippen LogP contribution is -2.15. The van der Waals surface area contributed by atoms with Gasteiger partial charge in [0.2, 0.25) is 0 Å². The number of aromatic nitrogens is 1. The number of nitrogens with zero attached hydrogens (tertiary/aromatic N) is 2. The van der Waals surface area contributed by atoms with Crippen LogP contribution in [0.5, 0.6) is 0 Å². The molecule has 0 N–H and O–H groups in total. The lowest BCUT2D eigenvalue weighted by Gasteiger charge is -2.27. The van der Waals surface area contributed by atoms with Gasteiger partial charge in [-0.15, -0.1) is 0 Å². The first-order chi connectivity index (χ1) is 25.3. The molecule has 0 bridgehead atoms. The van der Waals surface area contributed by atoms with Crippen LogP contribution in [0.3, 0.4) is 0 Å². The van der Waals surface area contributed by atoms with E-state index in [0.29, 0.717) is 0 Å². The van der Waals surface area contributed by atoms with Crippen molar-refractivity contribution in [2.24, 2.45) is 0 Å². The van der Waals surface area contributed by atoms with E-state index in [9.17, 15) is 0 Å². The van der Waals surface area contributed by atoms with Crippen LogP contribution in [0.4, 0.5) is 11.4 Å². The first-order valence-electron chi connectivity index (χ1n) is 17.9. The minimum Gasteiger partial charge on any atom is -0.314 e. The van der Waals surface area contributed by atoms with Crippen LogP contribution in [0.25, 0.3) is 55.3 Å². The molecule has 0 aliphatic heterocycles. The van der Waals surface area contributed by atoms with E-state index >= 15 is 0 Å². The second kappa shape index (κ2) is 14.2. The minimum absolute atomic E-state index is 0.871. The van der Waals surface area contributed by atoms with Crippen molar-refractivity contribution < 1.29 is 0 Å². The predicted molar refractivity (Wildman–Crippen MR) is 219 cm³/mol. The van der Waals surface area contributed by atoms with Crippen LogP contribution < -0.4 is 4.90 Å². The van der Waals surface area contributed by atoms with Gasteiger partial charge in [-0.3, -0.25) is 0 Å². The summed E-state index contributed by atoms with van der Waals surface area (Å²) in [6, 6.07) is 65.5. The van der Waals surface area contributed by atoms with Crippen molar-refractivity contribution in [1.29, 1.82) is 0 Å². The maximum Gasteiger partial charge on any atom is 0.0541 e. The normalized spacial score (nSPS) is 12.3. The lowest BCUT2D eigenvalue weighted by molar-refractivity contribution is 1.11. The summed E-state index contributed by atoms with van der Waals surface area (Å²) in [7, 11) is 0. The second-order valence-corrected chi connectivity index (χ2v) is 12.6. The maximum absolute atomic E-state index is 2.40. The third-order valence-corrected chi connectivity index (χ3v) is 9.68. The molecule has 2 nitrogen and oxygen atoms in total. The van der Waals surface area contributed by atoms with Crippen LogP contribution in [-0.4, -0.2) is 4.57 Å². The summed E-state index contributed by atoms with van der Waals surface area (Å²) in [6.07, 6.45) is 5.41. The van der Waals surface area contributed by atoms with Gasteiger partial charge in [-0.1, -0.05) is 153 Å². The number of benzene rings is 7. The lowest BCUT2D eigenvalue weighted by atomic mass is 10.0. The van der Waals surface area contributed by atoms with E-state index in [0.717, 1.165) is 23.5 Å². The Morgan fingerprint density at radius 2 is 0.804 bits per heavy atom. The standard InChI is InChI=1S/C47H34N2.C2H6/c1-3-11-34(12-4-1)36-19-26-40(27-20-36)48(43-32-25-39(33-43)35-13-5-2-6-14-35)41-28-21-37(22-29-41)38-23-30-42(31-24-38)49-46-17-9-7-15-44(46)45-16-8-10-18-47(45)49;1-2/h1-32H,33H2;1-2H3. The van der Waals surface area contributed by atoms with Crippen molar-refractivity contribution in [3.05, 3.63) is 205 Å². The van der Waals surface area contributed by atoms with Crippen LogP contribution in [0, 0.1) is 0 Å². The van der Waals surface area contributed by atoms with Crippen LogP contribution in [-0.2, 0) is 0 Å². The topological polar surface area (TPSA) is 8.17 Å². The van der Waals surface area contributed by atoms with Crippen molar-refractivity contribution >= 4 is 38.8 Å². The molecule has 8 aromatic rings.